The van der Waals surface area contributed by atoms with E-state index < -0.39 is 33.9 Å². The molecule has 0 bridgehead atoms. The molecule has 2 aromatic carbocycles. The summed E-state index contributed by atoms with van der Waals surface area (Å²) in [6.07, 6.45) is 7.69. The van der Waals surface area contributed by atoms with E-state index in [1.807, 2.05) is 43.5 Å². The molecule has 44 heavy (non-hydrogen) atoms. The van der Waals surface area contributed by atoms with Crippen molar-refractivity contribution in [3.63, 3.8) is 0 Å². The summed E-state index contributed by atoms with van der Waals surface area (Å²) in [5.74, 6) is -0.772. The summed E-state index contributed by atoms with van der Waals surface area (Å²) >= 11 is 1.52. The molecule has 1 saturated carbocycles. The van der Waals surface area contributed by atoms with E-state index in [0.717, 1.165) is 42.4 Å². The number of rotatable bonds is 13. The zero-order valence-electron chi connectivity index (χ0n) is 25.6. The summed E-state index contributed by atoms with van der Waals surface area (Å²) in [7, 11) is -3.12. The largest absolute Gasteiger partial charge is 0.480 e. The molecular weight excluding hydrogens is 601 g/mol. The number of thioether (sulfide) groups is 1. The van der Waals surface area contributed by atoms with Crippen LogP contribution in [0, 0.1) is 12.8 Å². The fourth-order valence-electron chi connectivity index (χ4n) is 6.01. The number of carbonyl (C=O) groups is 3. The topological polar surface area (TPSA) is 130 Å². The molecule has 2 amide bonds. The molecule has 1 saturated heterocycles. The van der Waals surface area contributed by atoms with Crippen molar-refractivity contribution in [1.29, 1.82) is 0 Å². The maximum Gasteiger partial charge on any atom is 0.326 e. The van der Waals surface area contributed by atoms with E-state index in [9.17, 15) is 27.9 Å². The fourth-order valence-corrected chi connectivity index (χ4v) is 7.68. The number of carboxylic acids is 1. The van der Waals surface area contributed by atoms with Gasteiger partial charge < -0.3 is 20.1 Å². The molecule has 240 valence electrons. The van der Waals surface area contributed by atoms with Crippen molar-refractivity contribution in [3.8, 4) is 11.1 Å². The van der Waals surface area contributed by atoms with Gasteiger partial charge in [-0.05, 0) is 72.1 Å². The third kappa shape index (κ3) is 9.31. The molecule has 0 spiro atoms. The Balaban J connectivity index is 1.57. The van der Waals surface area contributed by atoms with Crippen molar-refractivity contribution in [2.75, 3.05) is 36.6 Å². The van der Waals surface area contributed by atoms with Crippen LogP contribution < -0.4 is 5.32 Å². The van der Waals surface area contributed by atoms with Crippen LogP contribution in [0.1, 0.15) is 66.4 Å². The third-order valence-corrected chi connectivity index (χ3v) is 10.9. The predicted octanol–water partition coefficient (Wildman–Crippen LogP) is 4.71. The second kappa shape index (κ2) is 15.9. The van der Waals surface area contributed by atoms with Gasteiger partial charge in [-0.1, -0.05) is 62.4 Å². The molecule has 4 rings (SSSR count). The van der Waals surface area contributed by atoms with Crippen molar-refractivity contribution < 1.29 is 32.6 Å². The average molecular weight is 645 g/mol. The number of ether oxygens (including phenoxy) is 1. The Hall–Kier alpha value is -2.89. The number of carbonyl (C=O) groups excluding carboxylic acids is 2. The Labute approximate surface area is 265 Å². The van der Waals surface area contributed by atoms with Crippen LogP contribution in [0.3, 0.4) is 0 Å². The van der Waals surface area contributed by atoms with Crippen molar-refractivity contribution >= 4 is 39.4 Å². The molecule has 2 N–H and O–H groups in total. The Morgan fingerprint density at radius 3 is 2.41 bits per heavy atom. The van der Waals surface area contributed by atoms with Crippen molar-refractivity contribution in [2.24, 2.45) is 5.92 Å². The van der Waals surface area contributed by atoms with Gasteiger partial charge in [-0.15, -0.1) is 0 Å². The molecule has 11 heteroatoms. The Morgan fingerprint density at radius 2 is 1.75 bits per heavy atom. The van der Waals surface area contributed by atoms with Gasteiger partial charge in [0.05, 0.1) is 18.1 Å². The van der Waals surface area contributed by atoms with E-state index in [0.29, 0.717) is 35.6 Å². The average Bonchev–Trinajstić information content (AvgIpc) is 3.01. The summed E-state index contributed by atoms with van der Waals surface area (Å²) in [4.78, 5) is 40.5. The number of hydrogen-bond acceptors (Lipinski definition) is 7. The third-order valence-electron chi connectivity index (χ3n) is 8.63. The highest BCUT2D eigenvalue weighted by Crippen LogP contribution is 2.31. The van der Waals surface area contributed by atoms with E-state index in [1.165, 1.54) is 18.2 Å². The second-order valence-electron chi connectivity index (χ2n) is 11.9. The maximum atomic E-state index is 13.6. The van der Waals surface area contributed by atoms with E-state index in [-0.39, 0.29) is 37.1 Å². The molecule has 2 aromatic rings. The van der Waals surface area contributed by atoms with Gasteiger partial charge in [0.25, 0.3) is 11.8 Å². The lowest BCUT2D eigenvalue weighted by atomic mass is 9.85. The SMILES string of the molecule is CSCCC(NC(=O)c1ccc(COC(CC2CCCCC2)C(=O)N2CCS(=O)(=O)CC2)cc1-c1ccccc1C)C(=O)O. The Kier molecular flexibility index (Phi) is 12.3. The number of benzene rings is 2. The highest BCUT2D eigenvalue weighted by atomic mass is 32.2. The molecule has 1 heterocycles. The minimum absolute atomic E-state index is 0.0295. The lowest BCUT2D eigenvalue weighted by molar-refractivity contribution is -0.146. The van der Waals surface area contributed by atoms with Gasteiger partial charge >= 0.3 is 5.97 Å². The van der Waals surface area contributed by atoms with E-state index in [2.05, 4.69) is 5.32 Å². The van der Waals surface area contributed by atoms with Crippen LogP contribution in [0.4, 0.5) is 0 Å². The number of amides is 2. The van der Waals surface area contributed by atoms with Crippen LogP contribution in [0.5, 0.6) is 0 Å². The predicted molar refractivity (Wildman–Crippen MR) is 174 cm³/mol. The minimum Gasteiger partial charge on any atom is -0.480 e. The zero-order chi connectivity index (χ0) is 31.7. The molecule has 2 fully saturated rings. The monoisotopic (exact) mass is 644 g/mol. The number of carboxylic acid groups (broad SMARTS) is 1. The first-order chi connectivity index (χ1) is 21.1. The number of nitrogens with zero attached hydrogens (tertiary/aromatic N) is 1. The van der Waals surface area contributed by atoms with Crippen LogP contribution in [0.15, 0.2) is 42.5 Å². The van der Waals surface area contributed by atoms with Gasteiger partial charge in [0.2, 0.25) is 0 Å². The molecule has 2 atom stereocenters. The zero-order valence-corrected chi connectivity index (χ0v) is 27.3. The lowest BCUT2D eigenvalue weighted by Crippen LogP contribution is -2.48. The van der Waals surface area contributed by atoms with E-state index >= 15 is 0 Å². The molecule has 0 radical (unpaired) electrons. The van der Waals surface area contributed by atoms with Crippen LogP contribution in [0.2, 0.25) is 0 Å². The van der Waals surface area contributed by atoms with Gasteiger partial charge in [0.1, 0.15) is 12.1 Å². The molecular formula is C33H44N2O7S2. The number of sulfone groups is 1. The Morgan fingerprint density at radius 1 is 1.05 bits per heavy atom. The van der Waals surface area contributed by atoms with Gasteiger partial charge in [-0.25, -0.2) is 13.2 Å². The first-order valence-electron chi connectivity index (χ1n) is 15.4. The van der Waals surface area contributed by atoms with Crippen LogP contribution in [-0.2, 0) is 30.8 Å². The van der Waals surface area contributed by atoms with Gasteiger partial charge in [-0.3, -0.25) is 9.59 Å². The standard InChI is InChI=1S/C33H44N2O7S2/c1-23-8-6-7-11-26(23)28-20-25(12-13-27(28)31(36)34-29(33(38)39)14-17-43-2)22-42-30(21-24-9-4-3-5-10-24)32(37)35-15-18-44(40,41)19-16-35/h6-8,11-13,20,24,29-30H,3-5,9-10,14-19,21-22H2,1-2H3,(H,34,36)(H,38,39). The van der Waals surface area contributed by atoms with Gasteiger partial charge in [0.15, 0.2) is 9.84 Å². The quantitative estimate of drug-likeness (QED) is 0.321. The number of aliphatic carboxylic acids is 1. The first-order valence-corrected chi connectivity index (χ1v) is 18.6. The van der Waals surface area contributed by atoms with Crippen molar-refractivity contribution in [1.82, 2.24) is 10.2 Å². The molecule has 9 nitrogen and oxygen atoms in total. The van der Waals surface area contributed by atoms with Crippen molar-refractivity contribution in [2.45, 2.75) is 70.6 Å². The molecule has 0 aromatic heterocycles. The molecule has 1 aliphatic heterocycles. The Bertz CT molecular complexity index is 1410. The number of aryl methyl sites for hydroxylation is 1. The number of nitrogens with one attached hydrogen (secondary N) is 1. The fraction of sp³-hybridized carbons (Fsp3) is 0.545. The van der Waals surface area contributed by atoms with Crippen LogP contribution in [-0.4, -0.2) is 85.0 Å². The highest BCUT2D eigenvalue weighted by Gasteiger charge is 2.32. The summed E-state index contributed by atoms with van der Waals surface area (Å²) in [5.41, 5.74) is 3.61. The highest BCUT2D eigenvalue weighted by molar-refractivity contribution is 7.98. The first kappa shape index (κ1) is 34.0. The lowest BCUT2D eigenvalue weighted by Gasteiger charge is -2.32. The van der Waals surface area contributed by atoms with Gasteiger partial charge in [-0.2, -0.15) is 11.8 Å². The summed E-state index contributed by atoms with van der Waals surface area (Å²) in [5, 5.41) is 12.4. The van der Waals surface area contributed by atoms with Gasteiger partial charge in [0, 0.05) is 18.7 Å². The smallest absolute Gasteiger partial charge is 0.326 e. The molecule has 2 unspecified atom stereocenters. The molecule has 1 aliphatic carbocycles. The van der Waals surface area contributed by atoms with Crippen LogP contribution >= 0.6 is 11.8 Å². The number of hydrogen-bond donors (Lipinski definition) is 2. The van der Waals surface area contributed by atoms with E-state index in [4.69, 9.17) is 4.74 Å². The summed E-state index contributed by atoms with van der Waals surface area (Å²) < 4.78 is 30.3. The minimum atomic E-state index is -3.12. The van der Waals surface area contributed by atoms with E-state index in [1.54, 1.807) is 17.0 Å². The van der Waals surface area contributed by atoms with Crippen molar-refractivity contribution in [3.05, 3.63) is 59.2 Å². The maximum absolute atomic E-state index is 13.6. The second-order valence-corrected chi connectivity index (χ2v) is 15.1. The normalized spacial score (nSPS) is 18.4. The summed E-state index contributed by atoms with van der Waals surface area (Å²) in [6, 6.07) is 12.0. The van der Waals surface area contributed by atoms with Crippen LogP contribution in [0.25, 0.3) is 11.1 Å². The summed E-state index contributed by atoms with van der Waals surface area (Å²) in [6.45, 7) is 2.46. The molecule has 2 aliphatic rings.